The molecule has 0 aliphatic heterocycles. The van der Waals surface area contributed by atoms with Crippen LogP contribution in [-0.2, 0) is 4.79 Å². The molecule has 1 amide bonds. The van der Waals surface area contributed by atoms with E-state index in [9.17, 15) is 20.1 Å². The lowest BCUT2D eigenvalue weighted by atomic mass is 10.0. The highest BCUT2D eigenvalue weighted by Crippen LogP contribution is 2.18. The Bertz CT molecular complexity index is 936. The molecule has 0 heterocycles. The Kier molecular flexibility index (Phi) is 52.5. The Morgan fingerprint density at radius 1 is 0.381 bits per heavy atom. The van der Waals surface area contributed by atoms with E-state index in [4.69, 9.17) is 0 Å². The van der Waals surface area contributed by atoms with Crippen LogP contribution in [0.1, 0.15) is 316 Å². The fourth-order valence-corrected chi connectivity index (χ4v) is 9.09. The van der Waals surface area contributed by atoms with Gasteiger partial charge in [-0.25, -0.2) is 0 Å². The molecule has 0 aromatic rings. The highest BCUT2D eigenvalue weighted by molar-refractivity contribution is 5.80. The van der Waals surface area contributed by atoms with Crippen LogP contribution >= 0.6 is 0 Å². The minimum absolute atomic E-state index is 0.372. The summed E-state index contributed by atoms with van der Waals surface area (Å²) >= 11 is 0. The first-order valence-corrected chi connectivity index (χ1v) is 28.7. The highest BCUT2D eigenvalue weighted by atomic mass is 16.3. The summed E-state index contributed by atoms with van der Waals surface area (Å²) in [6.07, 6.45) is 68.4. The second kappa shape index (κ2) is 53.4. The lowest BCUT2D eigenvalue weighted by Crippen LogP contribution is -2.48. The molecule has 0 aromatic heterocycles. The number of nitrogens with one attached hydrogen (secondary N) is 1. The van der Waals surface area contributed by atoms with Crippen molar-refractivity contribution in [3.8, 4) is 0 Å². The predicted molar refractivity (Wildman–Crippen MR) is 278 cm³/mol. The van der Waals surface area contributed by atoms with Crippen molar-refractivity contribution in [3.63, 3.8) is 0 Å². The highest BCUT2D eigenvalue weighted by Gasteiger charge is 2.22. The van der Waals surface area contributed by atoms with E-state index in [1.54, 1.807) is 6.08 Å². The smallest absolute Gasteiger partial charge is 0.249 e. The molecule has 4 N–H and O–H groups in total. The monoisotopic (exact) mass is 888 g/mol. The molecule has 0 saturated heterocycles. The Labute approximate surface area is 394 Å². The van der Waals surface area contributed by atoms with Crippen LogP contribution in [0.15, 0.2) is 24.3 Å². The minimum Gasteiger partial charge on any atom is -0.394 e. The van der Waals surface area contributed by atoms with E-state index in [2.05, 4.69) is 31.3 Å². The molecule has 0 aliphatic carbocycles. The summed E-state index contributed by atoms with van der Waals surface area (Å²) in [5.74, 6) is -0.506. The average Bonchev–Trinajstić information content (AvgIpc) is 3.29. The van der Waals surface area contributed by atoms with Gasteiger partial charge in [-0.1, -0.05) is 308 Å². The van der Waals surface area contributed by atoms with Crippen molar-refractivity contribution in [2.45, 2.75) is 334 Å². The van der Waals surface area contributed by atoms with Gasteiger partial charge in [0.1, 0.15) is 6.10 Å². The van der Waals surface area contributed by atoms with Crippen LogP contribution in [0.4, 0.5) is 0 Å². The SMILES string of the molecule is CCCCCCCCCCCCCCCCCCCCC/C=C/CC/C=C/C(O)C(CO)NC(=O)C(O)CCCCCCCCCCCCCCCCCCCCCCCCCC. The van der Waals surface area contributed by atoms with Crippen LogP contribution in [-0.4, -0.2) is 46.1 Å². The summed E-state index contributed by atoms with van der Waals surface area (Å²) in [4.78, 5) is 12.6. The Hall–Kier alpha value is -1.17. The van der Waals surface area contributed by atoms with Crippen LogP contribution in [0, 0.1) is 0 Å². The molecule has 63 heavy (non-hydrogen) atoms. The van der Waals surface area contributed by atoms with Gasteiger partial charge < -0.3 is 20.6 Å². The first-order chi connectivity index (χ1) is 31.1. The average molecular weight is 889 g/mol. The van der Waals surface area contributed by atoms with Crippen molar-refractivity contribution in [1.29, 1.82) is 0 Å². The second-order valence-corrected chi connectivity index (χ2v) is 19.9. The molecule has 3 unspecified atom stereocenters. The topological polar surface area (TPSA) is 89.8 Å². The van der Waals surface area contributed by atoms with Gasteiger partial charge in [-0.2, -0.15) is 0 Å². The number of carbonyl (C=O) groups is 1. The van der Waals surface area contributed by atoms with E-state index in [-0.39, 0.29) is 6.61 Å². The fraction of sp³-hybridized carbons (Fsp3) is 0.914. The maximum atomic E-state index is 12.6. The van der Waals surface area contributed by atoms with E-state index >= 15 is 0 Å². The summed E-state index contributed by atoms with van der Waals surface area (Å²) in [5, 5.41) is 33.4. The lowest BCUT2D eigenvalue weighted by molar-refractivity contribution is -0.131. The van der Waals surface area contributed by atoms with Gasteiger partial charge >= 0.3 is 0 Å². The molecule has 0 spiro atoms. The lowest BCUT2D eigenvalue weighted by Gasteiger charge is -2.21. The summed E-state index contributed by atoms with van der Waals surface area (Å²) in [7, 11) is 0. The normalized spacial score (nSPS) is 13.4. The van der Waals surface area contributed by atoms with Gasteiger partial charge in [-0.15, -0.1) is 0 Å². The van der Waals surface area contributed by atoms with Crippen molar-refractivity contribution in [3.05, 3.63) is 24.3 Å². The predicted octanol–water partition coefficient (Wildman–Crippen LogP) is 17.7. The van der Waals surface area contributed by atoms with Crippen LogP contribution in [0.25, 0.3) is 0 Å². The molecule has 0 aromatic carbocycles. The number of aliphatic hydroxyl groups excluding tert-OH is 3. The first kappa shape index (κ1) is 61.8. The third-order valence-electron chi connectivity index (χ3n) is 13.5. The van der Waals surface area contributed by atoms with Crippen molar-refractivity contribution < 1.29 is 20.1 Å². The van der Waals surface area contributed by atoms with E-state index < -0.39 is 24.2 Å². The number of aliphatic hydroxyl groups is 3. The van der Waals surface area contributed by atoms with Gasteiger partial charge in [0.25, 0.3) is 0 Å². The largest absolute Gasteiger partial charge is 0.394 e. The van der Waals surface area contributed by atoms with E-state index in [1.165, 1.54) is 257 Å². The van der Waals surface area contributed by atoms with Crippen molar-refractivity contribution in [2.75, 3.05) is 6.61 Å². The Balaban J connectivity index is 3.58. The maximum Gasteiger partial charge on any atom is 0.249 e. The first-order valence-electron chi connectivity index (χ1n) is 28.7. The molecule has 5 nitrogen and oxygen atoms in total. The number of rotatable bonds is 53. The number of hydrogen-bond acceptors (Lipinski definition) is 4. The molecular weight excluding hydrogens is 775 g/mol. The molecule has 0 bridgehead atoms. The molecule has 374 valence electrons. The van der Waals surface area contributed by atoms with Gasteiger partial charge in [0.05, 0.1) is 18.8 Å². The van der Waals surface area contributed by atoms with E-state index in [0.717, 1.165) is 38.5 Å². The summed E-state index contributed by atoms with van der Waals surface area (Å²) < 4.78 is 0. The quantitative estimate of drug-likeness (QED) is 0.0362. The molecule has 0 rings (SSSR count). The maximum absolute atomic E-state index is 12.6. The molecule has 0 radical (unpaired) electrons. The van der Waals surface area contributed by atoms with Gasteiger partial charge in [0.15, 0.2) is 0 Å². The number of hydrogen-bond donors (Lipinski definition) is 4. The van der Waals surface area contributed by atoms with Gasteiger partial charge in [0.2, 0.25) is 5.91 Å². The number of unbranched alkanes of at least 4 members (excludes halogenated alkanes) is 43. The molecule has 5 heteroatoms. The molecule has 0 aliphatic rings. The second-order valence-electron chi connectivity index (χ2n) is 19.9. The third kappa shape index (κ3) is 48.6. The fourth-order valence-electron chi connectivity index (χ4n) is 9.09. The number of allylic oxidation sites excluding steroid dienone is 3. The Morgan fingerprint density at radius 2 is 0.651 bits per heavy atom. The molecule has 3 atom stereocenters. The van der Waals surface area contributed by atoms with E-state index in [0.29, 0.717) is 6.42 Å². The standard InChI is InChI=1S/C58H113NO4/c1-3-5-7-9-11-13-15-17-19-21-23-25-27-29-31-32-34-36-38-40-42-44-46-48-50-52-56(61)55(54-60)59-58(63)57(62)53-51-49-47-45-43-41-39-37-35-33-30-28-26-24-22-20-18-16-14-12-10-8-6-4-2/h42,44,50,52,55-57,60-62H,3-41,43,45-49,51,53-54H2,1-2H3,(H,59,63)/b44-42+,52-50+. The van der Waals surface area contributed by atoms with E-state index in [1.807, 2.05) is 6.08 Å². The molecular formula is C58H113NO4. The van der Waals surface area contributed by atoms with Gasteiger partial charge in [-0.3, -0.25) is 4.79 Å². The number of amides is 1. The Morgan fingerprint density at radius 3 is 0.968 bits per heavy atom. The van der Waals surface area contributed by atoms with Gasteiger partial charge in [0, 0.05) is 0 Å². The minimum atomic E-state index is -1.10. The van der Waals surface area contributed by atoms with Crippen LogP contribution in [0.3, 0.4) is 0 Å². The van der Waals surface area contributed by atoms with Gasteiger partial charge in [-0.05, 0) is 32.1 Å². The zero-order chi connectivity index (χ0) is 45.8. The summed E-state index contributed by atoms with van der Waals surface area (Å²) in [6, 6.07) is -0.812. The number of carbonyl (C=O) groups excluding carboxylic acids is 1. The third-order valence-corrected chi connectivity index (χ3v) is 13.5. The van der Waals surface area contributed by atoms with Crippen LogP contribution < -0.4 is 5.32 Å². The molecule has 0 saturated carbocycles. The van der Waals surface area contributed by atoms with Crippen molar-refractivity contribution in [2.24, 2.45) is 0 Å². The molecule has 0 fully saturated rings. The van der Waals surface area contributed by atoms with Crippen molar-refractivity contribution >= 4 is 5.91 Å². The summed E-state index contributed by atoms with van der Waals surface area (Å²) in [6.45, 7) is 4.21. The van der Waals surface area contributed by atoms with Crippen LogP contribution in [0.2, 0.25) is 0 Å². The van der Waals surface area contributed by atoms with Crippen LogP contribution in [0.5, 0.6) is 0 Å². The zero-order valence-corrected chi connectivity index (χ0v) is 42.7. The summed E-state index contributed by atoms with van der Waals surface area (Å²) in [5.41, 5.74) is 0. The zero-order valence-electron chi connectivity index (χ0n) is 42.7. The van der Waals surface area contributed by atoms with Crippen molar-refractivity contribution in [1.82, 2.24) is 5.32 Å².